The summed E-state index contributed by atoms with van der Waals surface area (Å²) in [5.41, 5.74) is 7.05. The minimum atomic E-state index is -0.441. The van der Waals surface area contributed by atoms with Crippen LogP contribution in [0.1, 0.15) is 102 Å². The van der Waals surface area contributed by atoms with E-state index in [9.17, 15) is 9.59 Å². The smallest absolute Gasteiger partial charge is 0.410 e. The number of amides is 2. The molecule has 0 aliphatic carbocycles. The topological polar surface area (TPSA) is 116 Å². The second kappa shape index (κ2) is 20.1. The number of hydrogen-bond donors (Lipinski definition) is 1. The number of nitrogens with zero attached hydrogens (tertiary/aromatic N) is 9. The number of fused-ring (bicyclic) bond motifs is 2. The van der Waals surface area contributed by atoms with Gasteiger partial charge in [-0.25, -0.2) is 9.59 Å². The van der Waals surface area contributed by atoms with E-state index in [4.69, 9.17) is 19.7 Å². The minimum Gasteiger partial charge on any atom is -0.444 e. The predicted octanol–water partition coefficient (Wildman–Crippen LogP) is 6.83. The molecular weight excluding hydrogens is 805 g/mol. The number of rotatable bonds is 8. The van der Waals surface area contributed by atoms with E-state index < -0.39 is 11.2 Å². The van der Waals surface area contributed by atoms with Gasteiger partial charge in [-0.1, -0.05) is 43.8 Å². The number of ether oxygens (including phenoxy) is 2. The van der Waals surface area contributed by atoms with Crippen molar-refractivity contribution in [3.63, 3.8) is 0 Å². The van der Waals surface area contributed by atoms with Gasteiger partial charge in [-0.05, 0) is 109 Å². The van der Waals surface area contributed by atoms with Gasteiger partial charge in [0.25, 0.3) is 0 Å². The summed E-state index contributed by atoms with van der Waals surface area (Å²) in [7, 11) is 4.06. The zero-order chi connectivity index (χ0) is 44.5. The van der Waals surface area contributed by atoms with E-state index in [-0.39, 0.29) is 19.6 Å². The Balaban J connectivity index is 0.000000193. The van der Waals surface area contributed by atoms with Crippen LogP contribution in [0, 0.1) is 23.7 Å². The van der Waals surface area contributed by atoms with Gasteiger partial charge in [-0.2, -0.15) is 10.2 Å². The van der Waals surface area contributed by atoms with Crippen LogP contribution in [-0.4, -0.2) is 146 Å². The Morgan fingerprint density at radius 3 is 1.67 bits per heavy atom. The first-order valence-corrected chi connectivity index (χ1v) is 23.6. The predicted molar refractivity (Wildman–Crippen MR) is 252 cm³/mol. The second-order valence-electron chi connectivity index (χ2n) is 21.3. The van der Waals surface area contributed by atoms with E-state index in [0.29, 0.717) is 29.6 Å². The Morgan fingerprint density at radius 1 is 0.672 bits per heavy atom. The highest BCUT2D eigenvalue weighted by atomic mass is 16.6. The van der Waals surface area contributed by atoms with Crippen LogP contribution in [-0.2, 0) is 43.2 Å². The third kappa shape index (κ3) is 12.1. The maximum absolute atomic E-state index is 12.5. The lowest BCUT2D eigenvalue weighted by Gasteiger charge is -2.27. The van der Waals surface area contributed by atoms with Crippen LogP contribution in [0.3, 0.4) is 0 Å². The Hall–Kier alpha value is -4.24. The van der Waals surface area contributed by atoms with Crippen LogP contribution in [0.5, 0.6) is 0 Å². The molecule has 0 radical (unpaired) electrons. The number of carbonyl (C=O) groups excluding carboxylic acids is 2. The molecule has 14 nitrogen and oxygen atoms in total. The summed E-state index contributed by atoms with van der Waals surface area (Å²) < 4.78 is 15.1. The van der Waals surface area contributed by atoms with Crippen molar-refractivity contribution in [3.05, 3.63) is 76.9 Å². The van der Waals surface area contributed by atoms with Gasteiger partial charge in [0, 0.05) is 129 Å². The highest BCUT2D eigenvalue weighted by Crippen LogP contribution is 2.36. The number of likely N-dealkylation sites (tertiary alicyclic amines) is 4. The van der Waals surface area contributed by atoms with Crippen molar-refractivity contribution in [1.29, 1.82) is 0 Å². The van der Waals surface area contributed by atoms with Gasteiger partial charge in [-0.3, -0.25) is 24.1 Å². The molecule has 6 aliphatic heterocycles. The third-order valence-electron chi connectivity index (χ3n) is 13.6. The lowest BCUT2D eigenvalue weighted by atomic mass is 9.92. The number of piperidine rings is 1. The average molecular weight is 883 g/mol. The van der Waals surface area contributed by atoms with Crippen LogP contribution >= 0.6 is 0 Å². The highest BCUT2D eigenvalue weighted by Gasteiger charge is 2.44. The maximum Gasteiger partial charge on any atom is 0.410 e. The van der Waals surface area contributed by atoms with Crippen molar-refractivity contribution >= 4 is 17.8 Å². The number of nitrogens with one attached hydrogen (secondary N) is 1. The van der Waals surface area contributed by atoms with Crippen LogP contribution in [0.25, 0.3) is 5.57 Å². The molecule has 0 saturated carbocycles. The second-order valence-corrected chi connectivity index (χ2v) is 21.3. The van der Waals surface area contributed by atoms with E-state index in [0.717, 1.165) is 105 Å². The third-order valence-corrected chi connectivity index (χ3v) is 13.6. The zero-order valence-corrected chi connectivity index (χ0v) is 39.4. The van der Waals surface area contributed by atoms with Gasteiger partial charge in [0.2, 0.25) is 0 Å². The van der Waals surface area contributed by atoms with Gasteiger partial charge in [-0.15, -0.1) is 0 Å². The molecule has 2 amide bonds. The first kappa shape index (κ1) is 47.7. The van der Waals surface area contributed by atoms with Crippen molar-refractivity contribution in [2.24, 2.45) is 37.8 Å². The number of benzene rings is 1. The molecule has 3 aromatic rings. The summed E-state index contributed by atoms with van der Waals surface area (Å²) in [4.78, 5) is 36.3. The van der Waals surface area contributed by atoms with Crippen molar-refractivity contribution in [1.82, 2.24) is 49.4 Å². The van der Waals surface area contributed by atoms with Gasteiger partial charge in [0.15, 0.2) is 0 Å². The maximum atomic E-state index is 12.5. The fourth-order valence-electron chi connectivity index (χ4n) is 10.8. The van der Waals surface area contributed by atoms with E-state index in [1.807, 2.05) is 74.8 Å². The molecule has 4 unspecified atom stereocenters. The molecule has 64 heavy (non-hydrogen) atoms. The number of carbonyl (C=O) groups is 2. The van der Waals surface area contributed by atoms with E-state index in [1.54, 1.807) is 0 Å². The van der Waals surface area contributed by atoms with Crippen molar-refractivity contribution in [2.75, 3.05) is 78.5 Å². The van der Waals surface area contributed by atoms with Crippen LogP contribution in [0.4, 0.5) is 9.59 Å². The van der Waals surface area contributed by atoms with E-state index >= 15 is 0 Å². The van der Waals surface area contributed by atoms with Crippen LogP contribution in [0.15, 0.2) is 48.8 Å². The van der Waals surface area contributed by atoms with Crippen LogP contribution < -0.4 is 5.32 Å². The summed E-state index contributed by atoms with van der Waals surface area (Å²) in [5.74, 6) is 2.77. The largest absolute Gasteiger partial charge is 0.444 e. The molecular formula is C50H78N10O4. The fourth-order valence-corrected chi connectivity index (χ4v) is 10.8. The van der Waals surface area contributed by atoms with Crippen molar-refractivity contribution < 1.29 is 19.1 Å². The number of aryl methyl sites for hydroxylation is 2. The highest BCUT2D eigenvalue weighted by molar-refractivity contribution is 5.69. The molecule has 14 heteroatoms. The number of aromatic nitrogens is 4. The SMILES string of the molecule is C.Cn1cc(CN2CC3CN(C(=O)OC(C)(C)C)CC3C2)c(C2=CCN(Cc3ccccc3)CC2)n1.Cn1cc(CN2CC3CN(C(=O)OC(C)(C)C)CC3C2)c(C2CCNCC2)n1. The van der Waals surface area contributed by atoms with Gasteiger partial charge < -0.3 is 24.6 Å². The van der Waals surface area contributed by atoms with Crippen LogP contribution in [0.2, 0.25) is 0 Å². The Kier molecular flexibility index (Phi) is 15.0. The molecule has 9 rings (SSSR count). The molecule has 6 aliphatic rings. The molecule has 2 aromatic heterocycles. The Labute approximate surface area is 383 Å². The molecule has 4 atom stereocenters. The zero-order valence-electron chi connectivity index (χ0n) is 39.4. The Bertz CT molecular complexity index is 2030. The van der Waals surface area contributed by atoms with Gasteiger partial charge in [0.05, 0.1) is 11.4 Å². The van der Waals surface area contributed by atoms with Gasteiger partial charge >= 0.3 is 12.2 Å². The van der Waals surface area contributed by atoms with Crippen molar-refractivity contribution in [3.8, 4) is 0 Å². The fraction of sp³-hybridized carbons (Fsp3) is 0.680. The minimum absolute atomic E-state index is 0. The molecule has 352 valence electrons. The first-order valence-electron chi connectivity index (χ1n) is 23.6. The summed E-state index contributed by atoms with van der Waals surface area (Å²) in [5, 5.41) is 13.1. The van der Waals surface area contributed by atoms with E-state index in [2.05, 4.69) is 68.8 Å². The summed E-state index contributed by atoms with van der Waals surface area (Å²) in [6.07, 6.45) is 9.84. The standard InChI is InChI=1S/C28H39N5O2.C21H35N5O2.CH4/c1-28(2,3)35-27(34)33-19-23-16-32(17-24(23)20-33)18-25-15-30(4)29-26(25)22-10-12-31(13-11-22)14-21-8-6-5-7-9-21;1-21(2,3)28-20(27)26-13-16-10-25(11-17(16)14-26)12-18-9-24(4)23-19(18)15-5-7-22-8-6-15;/h5-10,15,23-24H,11-14,16-20H2,1-4H3;9,15-17,22H,5-8,10-14H2,1-4H3;1H4. The lowest BCUT2D eigenvalue weighted by Crippen LogP contribution is -2.37. The molecule has 1 aromatic carbocycles. The summed E-state index contributed by atoms with van der Waals surface area (Å²) in [6, 6.07) is 10.7. The Morgan fingerprint density at radius 2 is 1.17 bits per heavy atom. The number of hydrogen-bond acceptors (Lipinski definition) is 10. The lowest BCUT2D eigenvalue weighted by molar-refractivity contribution is 0.0264. The molecule has 0 spiro atoms. The molecule has 0 bridgehead atoms. The average Bonchev–Trinajstić information content (AvgIpc) is 4.07. The summed E-state index contributed by atoms with van der Waals surface area (Å²) in [6.45, 7) is 26.1. The first-order chi connectivity index (χ1) is 30.0. The molecule has 8 heterocycles. The normalized spacial score (nSPS) is 24.5. The molecule has 5 saturated heterocycles. The van der Waals surface area contributed by atoms with E-state index in [1.165, 1.54) is 46.5 Å². The summed E-state index contributed by atoms with van der Waals surface area (Å²) >= 11 is 0. The molecule has 5 fully saturated rings. The quantitative estimate of drug-likeness (QED) is 0.258. The molecule has 1 N–H and O–H groups in total. The van der Waals surface area contributed by atoms with Gasteiger partial charge in [0.1, 0.15) is 11.2 Å². The van der Waals surface area contributed by atoms with Crippen molar-refractivity contribution in [2.45, 2.75) is 105 Å². The monoisotopic (exact) mass is 883 g/mol.